The normalized spacial score (nSPS) is 13.5. The van der Waals surface area contributed by atoms with E-state index in [1.54, 1.807) is 19.9 Å². The Balaban J connectivity index is 3.09. The lowest BCUT2D eigenvalue weighted by Crippen LogP contribution is -2.44. The van der Waals surface area contributed by atoms with Gasteiger partial charge in [0.05, 0.1) is 5.69 Å². The third kappa shape index (κ3) is 3.21. The van der Waals surface area contributed by atoms with Crippen molar-refractivity contribution in [1.29, 1.82) is 0 Å². The highest BCUT2D eigenvalue weighted by Gasteiger charge is 2.28. The highest BCUT2D eigenvalue weighted by Crippen LogP contribution is 2.18. The topological polar surface area (TPSA) is 109 Å². The van der Waals surface area contributed by atoms with E-state index in [-0.39, 0.29) is 16.5 Å². The number of hydrogen-bond acceptors (Lipinski definition) is 4. The first-order valence-corrected chi connectivity index (χ1v) is 6.83. The molecule has 0 aliphatic heterocycles. The van der Waals surface area contributed by atoms with Crippen molar-refractivity contribution >= 4 is 21.7 Å². The van der Waals surface area contributed by atoms with Gasteiger partial charge >= 0.3 is 5.97 Å². The number of rotatable bonds is 5. The van der Waals surface area contributed by atoms with Gasteiger partial charge in [-0.05, 0) is 18.1 Å². The first-order chi connectivity index (χ1) is 8.25. The molecule has 0 spiro atoms. The molecule has 100 valence electrons. The smallest absolute Gasteiger partial charge is 0.322 e. The zero-order valence-corrected chi connectivity index (χ0v) is 10.9. The van der Waals surface area contributed by atoms with Crippen molar-refractivity contribution in [3.63, 3.8) is 0 Å². The summed E-state index contributed by atoms with van der Waals surface area (Å²) in [6.07, 6.45) is 0. The van der Waals surface area contributed by atoms with E-state index >= 15 is 0 Å². The van der Waals surface area contributed by atoms with Crippen molar-refractivity contribution in [2.24, 2.45) is 5.92 Å². The van der Waals surface area contributed by atoms with Gasteiger partial charge < -0.3 is 10.8 Å². The first-order valence-electron chi connectivity index (χ1n) is 5.35. The molecule has 7 heteroatoms. The molecule has 4 N–H and O–H groups in total. The Morgan fingerprint density at radius 1 is 1.33 bits per heavy atom. The van der Waals surface area contributed by atoms with Crippen molar-refractivity contribution < 1.29 is 18.3 Å². The minimum atomic E-state index is -3.94. The molecule has 0 aliphatic rings. The number of carboxylic acid groups (broad SMARTS) is 1. The van der Waals surface area contributed by atoms with E-state index < -0.39 is 22.0 Å². The van der Waals surface area contributed by atoms with E-state index in [9.17, 15) is 13.2 Å². The van der Waals surface area contributed by atoms with Crippen LogP contribution in [-0.4, -0.2) is 25.5 Å². The Labute approximate surface area is 106 Å². The third-order valence-electron chi connectivity index (χ3n) is 2.42. The lowest BCUT2D eigenvalue weighted by molar-refractivity contribution is -0.140. The van der Waals surface area contributed by atoms with Gasteiger partial charge in [-0.2, -0.15) is 4.72 Å². The number of sulfonamides is 1. The fraction of sp³-hybridized carbons (Fsp3) is 0.364. The number of carbonyl (C=O) groups is 1. The lowest BCUT2D eigenvalue weighted by atomic mass is 10.1. The van der Waals surface area contributed by atoms with E-state index in [4.69, 9.17) is 10.8 Å². The summed E-state index contributed by atoms with van der Waals surface area (Å²) in [5, 5.41) is 8.97. The molecule has 1 atom stereocenters. The van der Waals surface area contributed by atoms with Crippen molar-refractivity contribution in [3.8, 4) is 0 Å². The number of carboxylic acids is 1. The minimum absolute atomic E-state index is 0.0814. The molecule has 0 heterocycles. The van der Waals surface area contributed by atoms with E-state index in [1.165, 1.54) is 18.2 Å². The molecular weight excluding hydrogens is 256 g/mol. The summed E-state index contributed by atoms with van der Waals surface area (Å²) >= 11 is 0. The predicted octanol–water partition coefficient (Wildman–Crippen LogP) is 0.656. The van der Waals surface area contributed by atoms with Gasteiger partial charge in [0.1, 0.15) is 10.9 Å². The molecule has 0 amide bonds. The maximum atomic E-state index is 12.0. The standard InChI is InChI=1S/C11H16N2O4S/c1-7(2)10(11(14)15)13-18(16,17)9-6-4-3-5-8(9)12/h3-7,10,13H,12H2,1-2H3,(H,14,15). The zero-order valence-electron chi connectivity index (χ0n) is 10.1. The van der Waals surface area contributed by atoms with Gasteiger partial charge in [-0.3, -0.25) is 4.79 Å². The van der Waals surface area contributed by atoms with Crippen LogP contribution >= 0.6 is 0 Å². The number of aliphatic carboxylic acids is 1. The average Bonchev–Trinajstić information content (AvgIpc) is 2.25. The summed E-state index contributed by atoms with van der Waals surface area (Å²) in [6.45, 7) is 3.24. The molecule has 0 saturated carbocycles. The molecule has 0 aromatic heterocycles. The van der Waals surface area contributed by atoms with Crippen molar-refractivity contribution in [2.45, 2.75) is 24.8 Å². The Hall–Kier alpha value is -1.60. The number of nitrogen functional groups attached to an aromatic ring is 1. The van der Waals surface area contributed by atoms with Crippen LogP contribution in [0.1, 0.15) is 13.8 Å². The van der Waals surface area contributed by atoms with Gasteiger partial charge in [0, 0.05) is 0 Å². The summed E-state index contributed by atoms with van der Waals surface area (Å²) in [6, 6.07) is 4.72. The molecule has 0 fully saturated rings. The van der Waals surface area contributed by atoms with Crippen LogP contribution in [0.2, 0.25) is 0 Å². The van der Waals surface area contributed by atoms with Crippen molar-refractivity contribution in [3.05, 3.63) is 24.3 Å². The molecule has 1 unspecified atom stereocenters. The second-order valence-electron chi connectivity index (χ2n) is 4.22. The van der Waals surface area contributed by atoms with Gasteiger partial charge in [0.25, 0.3) is 0 Å². The second-order valence-corrected chi connectivity index (χ2v) is 5.90. The third-order valence-corrected chi connectivity index (χ3v) is 3.94. The van der Waals surface area contributed by atoms with Crippen LogP contribution < -0.4 is 10.5 Å². The van der Waals surface area contributed by atoms with Crippen molar-refractivity contribution in [1.82, 2.24) is 4.72 Å². The number of hydrogen-bond donors (Lipinski definition) is 3. The van der Waals surface area contributed by atoms with E-state index in [1.807, 2.05) is 0 Å². The fourth-order valence-electron chi connectivity index (χ4n) is 1.43. The Kier molecular flexibility index (Phi) is 4.31. The SMILES string of the molecule is CC(C)C(NS(=O)(=O)c1ccccc1N)C(=O)O. The monoisotopic (exact) mass is 272 g/mol. The minimum Gasteiger partial charge on any atom is -0.480 e. The van der Waals surface area contributed by atoms with E-state index in [0.717, 1.165) is 0 Å². The molecule has 18 heavy (non-hydrogen) atoms. The quantitative estimate of drug-likeness (QED) is 0.682. The Morgan fingerprint density at radius 3 is 2.33 bits per heavy atom. The van der Waals surface area contributed by atoms with Crippen LogP contribution in [0.4, 0.5) is 5.69 Å². The lowest BCUT2D eigenvalue weighted by Gasteiger charge is -2.18. The Morgan fingerprint density at radius 2 is 1.89 bits per heavy atom. The van der Waals surface area contributed by atoms with E-state index in [0.29, 0.717) is 0 Å². The van der Waals surface area contributed by atoms with Gasteiger partial charge in [0.15, 0.2) is 0 Å². The van der Waals surface area contributed by atoms with E-state index in [2.05, 4.69) is 4.72 Å². The van der Waals surface area contributed by atoms with Crippen molar-refractivity contribution in [2.75, 3.05) is 5.73 Å². The summed E-state index contributed by atoms with van der Waals surface area (Å²) < 4.78 is 26.2. The van der Waals surface area contributed by atoms with Crippen LogP contribution in [0.3, 0.4) is 0 Å². The van der Waals surface area contributed by atoms with Gasteiger partial charge in [-0.25, -0.2) is 8.42 Å². The van der Waals surface area contributed by atoms with Crippen LogP contribution in [-0.2, 0) is 14.8 Å². The fourth-order valence-corrected chi connectivity index (χ4v) is 2.90. The van der Waals surface area contributed by atoms with Crippen LogP contribution in [0.15, 0.2) is 29.2 Å². The number of para-hydroxylation sites is 1. The predicted molar refractivity (Wildman–Crippen MR) is 67.4 cm³/mol. The summed E-state index contributed by atoms with van der Waals surface area (Å²) in [5.41, 5.74) is 5.65. The average molecular weight is 272 g/mol. The van der Waals surface area contributed by atoms with Crippen LogP contribution in [0, 0.1) is 5.92 Å². The molecule has 0 bridgehead atoms. The number of anilines is 1. The summed E-state index contributed by atoms with van der Waals surface area (Å²) in [5.74, 6) is -1.59. The maximum Gasteiger partial charge on any atom is 0.322 e. The molecule has 0 aliphatic carbocycles. The second kappa shape index (κ2) is 5.36. The Bertz CT molecular complexity index is 540. The molecule has 1 aromatic carbocycles. The summed E-state index contributed by atoms with van der Waals surface area (Å²) in [4.78, 5) is 10.9. The molecule has 1 aromatic rings. The van der Waals surface area contributed by atoms with Crippen LogP contribution in [0.25, 0.3) is 0 Å². The molecule has 0 saturated heterocycles. The highest BCUT2D eigenvalue weighted by atomic mass is 32.2. The molecule has 0 radical (unpaired) electrons. The molecule has 6 nitrogen and oxygen atoms in total. The van der Waals surface area contributed by atoms with Gasteiger partial charge in [-0.1, -0.05) is 26.0 Å². The molecule has 1 rings (SSSR count). The number of benzene rings is 1. The maximum absolute atomic E-state index is 12.0. The number of nitrogens with two attached hydrogens (primary N) is 1. The zero-order chi connectivity index (χ0) is 13.9. The first kappa shape index (κ1) is 14.5. The van der Waals surface area contributed by atoms with Gasteiger partial charge in [-0.15, -0.1) is 0 Å². The highest BCUT2D eigenvalue weighted by molar-refractivity contribution is 7.89. The summed E-state index contributed by atoms with van der Waals surface area (Å²) in [7, 11) is -3.94. The number of nitrogens with one attached hydrogen (secondary N) is 1. The van der Waals surface area contributed by atoms with Gasteiger partial charge in [0.2, 0.25) is 10.0 Å². The molecular formula is C11H16N2O4S. The van der Waals surface area contributed by atoms with Crippen LogP contribution in [0.5, 0.6) is 0 Å². The largest absolute Gasteiger partial charge is 0.480 e.